The summed E-state index contributed by atoms with van der Waals surface area (Å²) >= 11 is 0. The fraction of sp³-hybridized carbons (Fsp3) is 0.769. The molecule has 0 aromatic carbocycles. The Morgan fingerprint density at radius 2 is 2.00 bits per heavy atom. The van der Waals surface area contributed by atoms with E-state index in [9.17, 15) is 9.90 Å². The van der Waals surface area contributed by atoms with Gasteiger partial charge in [0.25, 0.3) is 0 Å². The van der Waals surface area contributed by atoms with Crippen LogP contribution in [0.3, 0.4) is 0 Å². The van der Waals surface area contributed by atoms with E-state index in [0.717, 1.165) is 6.42 Å². The zero-order valence-electron chi connectivity index (χ0n) is 11.5. The van der Waals surface area contributed by atoms with E-state index in [0.29, 0.717) is 5.57 Å². The number of carbonyl (C=O) groups excluding carboxylic acids is 1. The van der Waals surface area contributed by atoms with E-state index in [1.807, 2.05) is 13.8 Å². The molecule has 2 atom stereocenters. The average Bonchev–Trinajstić information content (AvgIpc) is 2.34. The Morgan fingerprint density at radius 3 is 2.56 bits per heavy atom. The van der Waals surface area contributed by atoms with E-state index in [1.54, 1.807) is 6.92 Å². The third-order valence-electron chi connectivity index (χ3n) is 2.27. The van der Waals surface area contributed by atoms with Crippen molar-refractivity contribution in [1.82, 2.24) is 0 Å². The maximum absolute atomic E-state index is 11.0. The molecule has 0 spiro atoms. The molecular formula is C13H24O5. The van der Waals surface area contributed by atoms with Crippen LogP contribution in [0.2, 0.25) is 0 Å². The molecule has 0 aliphatic rings. The summed E-state index contributed by atoms with van der Waals surface area (Å²) < 4.78 is 15.3. The van der Waals surface area contributed by atoms with Gasteiger partial charge in [-0.05, 0) is 20.3 Å². The molecule has 2 unspecified atom stereocenters. The summed E-state index contributed by atoms with van der Waals surface area (Å²) in [7, 11) is 0. The van der Waals surface area contributed by atoms with Crippen LogP contribution in [0.4, 0.5) is 0 Å². The maximum Gasteiger partial charge on any atom is 0.333 e. The van der Waals surface area contributed by atoms with Crippen molar-refractivity contribution in [3.8, 4) is 0 Å². The van der Waals surface area contributed by atoms with Gasteiger partial charge in [0.1, 0.15) is 12.7 Å². The van der Waals surface area contributed by atoms with Gasteiger partial charge in [0, 0.05) is 5.57 Å². The summed E-state index contributed by atoms with van der Waals surface area (Å²) in [6.07, 6.45) is 0.386. The Hall–Kier alpha value is -0.910. The number of esters is 1. The quantitative estimate of drug-likeness (QED) is 0.364. The van der Waals surface area contributed by atoms with Crippen LogP contribution >= 0.6 is 0 Å². The van der Waals surface area contributed by atoms with Crippen LogP contribution in [0.5, 0.6) is 0 Å². The second-order valence-electron chi connectivity index (χ2n) is 4.20. The van der Waals surface area contributed by atoms with Crippen LogP contribution in [-0.4, -0.2) is 49.7 Å². The van der Waals surface area contributed by atoms with Crippen LogP contribution in [0.15, 0.2) is 12.2 Å². The molecule has 0 aromatic heterocycles. The molecule has 5 heteroatoms. The smallest absolute Gasteiger partial charge is 0.333 e. The first-order valence-electron chi connectivity index (χ1n) is 6.17. The van der Waals surface area contributed by atoms with Gasteiger partial charge in [-0.15, -0.1) is 0 Å². The molecule has 0 aromatic rings. The van der Waals surface area contributed by atoms with Crippen molar-refractivity contribution in [3.63, 3.8) is 0 Å². The molecule has 0 amide bonds. The molecule has 0 saturated heterocycles. The SMILES string of the molecule is C=C(C)C(=O)OCCOCC(O)COC(C)CC. The highest BCUT2D eigenvalue weighted by molar-refractivity contribution is 5.86. The minimum Gasteiger partial charge on any atom is -0.460 e. The fourth-order valence-electron chi connectivity index (χ4n) is 0.977. The molecule has 0 aliphatic heterocycles. The lowest BCUT2D eigenvalue weighted by molar-refractivity contribution is -0.141. The van der Waals surface area contributed by atoms with Crippen LogP contribution in [-0.2, 0) is 19.0 Å². The van der Waals surface area contributed by atoms with E-state index < -0.39 is 12.1 Å². The summed E-state index contributed by atoms with van der Waals surface area (Å²) in [5.41, 5.74) is 0.358. The second-order valence-corrected chi connectivity index (χ2v) is 4.20. The highest BCUT2D eigenvalue weighted by Gasteiger charge is 2.07. The number of hydrogen-bond acceptors (Lipinski definition) is 5. The van der Waals surface area contributed by atoms with Gasteiger partial charge in [0.15, 0.2) is 0 Å². The maximum atomic E-state index is 11.0. The molecule has 106 valence electrons. The van der Waals surface area contributed by atoms with Gasteiger partial charge in [-0.1, -0.05) is 13.5 Å². The first-order valence-corrected chi connectivity index (χ1v) is 6.17. The third kappa shape index (κ3) is 9.15. The van der Waals surface area contributed by atoms with Gasteiger partial charge < -0.3 is 19.3 Å². The minimum absolute atomic E-state index is 0.135. The predicted octanol–water partition coefficient (Wildman–Crippen LogP) is 1.30. The Kier molecular flexibility index (Phi) is 9.55. The van der Waals surface area contributed by atoms with E-state index in [1.165, 1.54) is 0 Å². The second kappa shape index (κ2) is 10.1. The Morgan fingerprint density at radius 1 is 1.33 bits per heavy atom. The minimum atomic E-state index is -0.657. The Balaban J connectivity index is 3.43. The van der Waals surface area contributed by atoms with E-state index in [4.69, 9.17) is 14.2 Å². The largest absolute Gasteiger partial charge is 0.460 e. The lowest BCUT2D eigenvalue weighted by atomic mass is 10.3. The summed E-state index contributed by atoms with van der Waals surface area (Å²) in [4.78, 5) is 11.0. The zero-order valence-corrected chi connectivity index (χ0v) is 11.5. The number of ether oxygens (including phenoxy) is 3. The van der Waals surface area contributed by atoms with Crippen LogP contribution < -0.4 is 0 Å². The summed E-state index contributed by atoms with van der Waals surface area (Å²) in [6.45, 7) is 9.83. The first kappa shape index (κ1) is 17.1. The monoisotopic (exact) mass is 260 g/mol. The van der Waals surface area contributed by atoms with Crippen molar-refractivity contribution in [2.24, 2.45) is 0 Å². The van der Waals surface area contributed by atoms with Crippen molar-refractivity contribution >= 4 is 5.97 Å². The summed E-state index contributed by atoms with van der Waals surface area (Å²) in [5, 5.41) is 9.52. The normalized spacial score (nSPS) is 14.0. The molecular weight excluding hydrogens is 236 g/mol. The molecule has 0 fully saturated rings. The molecule has 18 heavy (non-hydrogen) atoms. The van der Waals surface area contributed by atoms with Gasteiger partial charge in [-0.2, -0.15) is 0 Å². The molecule has 0 heterocycles. The summed E-state index contributed by atoms with van der Waals surface area (Å²) in [5.74, 6) is -0.431. The average molecular weight is 260 g/mol. The lowest BCUT2D eigenvalue weighted by Gasteiger charge is -2.15. The Bertz CT molecular complexity index is 252. The molecule has 0 aliphatic carbocycles. The standard InChI is InChI=1S/C13H24O5/c1-5-11(4)18-9-12(14)8-16-6-7-17-13(15)10(2)3/h11-12,14H,2,5-9H2,1,3-4H3. The van der Waals surface area contributed by atoms with Crippen LogP contribution in [0, 0.1) is 0 Å². The zero-order chi connectivity index (χ0) is 14.0. The van der Waals surface area contributed by atoms with Gasteiger partial charge >= 0.3 is 5.97 Å². The van der Waals surface area contributed by atoms with E-state index >= 15 is 0 Å². The van der Waals surface area contributed by atoms with Crippen molar-refractivity contribution in [2.75, 3.05) is 26.4 Å². The van der Waals surface area contributed by atoms with E-state index in [2.05, 4.69) is 6.58 Å². The Labute approximate surface area is 109 Å². The number of aliphatic hydroxyl groups excluding tert-OH is 1. The van der Waals surface area contributed by atoms with Gasteiger partial charge in [-0.3, -0.25) is 0 Å². The van der Waals surface area contributed by atoms with Crippen molar-refractivity contribution in [1.29, 1.82) is 0 Å². The number of rotatable bonds is 10. The van der Waals surface area contributed by atoms with Crippen molar-refractivity contribution in [3.05, 3.63) is 12.2 Å². The molecule has 0 rings (SSSR count). The topological polar surface area (TPSA) is 65.0 Å². The number of carbonyl (C=O) groups is 1. The number of hydrogen-bond donors (Lipinski definition) is 1. The van der Waals surface area contributed by atoms with Gasteiger partial charge in [0.2, 0.25) is 0 Å². The molecule has 0 radical (unpaired) electrons. The molecule has 0 saturated carbocycles. The molecule has 5 nitrogen and oxygen atoms in total. The highest BCUT2D eigenvalue weighted by Crippen LogP contribution is 1.98. The number of aliphatic hydroxyl groups is 1. The first-order chi connectivity index (χ1) is 8.47. The van der Waals surface area contributed by atoms with Gasteiger partial charge in [0.05, 0.1) is 25.9 Å². The van der Waals surface area contributed by atoms with Crippen molar-refractivity contribution in [2.45, 2.75) is 39.4 Å². The third-order valence-corrected chi connectivity index (χ3v) is 2.27. The van der Waals surface area contributed by atoms with Crippen molar-refractivity contribution < 1.29 is 24.1 Å². The predicted molar refractivity (Wildman–Crippen MR) is 68.3 cm³/mol. The van der Waals surface area contributed by atoms with E-state index in [-0.39, 0.29) is 32.5 Å². The molecule has 1 N–H and O–H groups in total. The summed E-state index contributed by atoms with van der Waals surface area (Å²) in [6, 6.07) is 0. The van der Waals surface area contributed by atoms with Crippen LogP contribution in [0.1, 0.15) is 27.2 Å². The van der Waals surface area contributed by atoms with Gasteiger partial charge in [-0.25, -0.2) is 4.79 Å². The molecule has 0 bridgehead atoms. The highest BCUT2D eigenvalue weighted by atomic mass is 16.6. The lowest BCUT2D eigenvalue weighted by Crippen LogP contribution is -2.25. The van der Waals surface area contributed by atoms with Crippen LogP contribution in [0.25, 0.3) is 0 Å². The fourth-order valence-corrected chi connectivity index (χ4v) is 0.977.